The Kier molecular flexibility index (Phi) is 5.96. The topological polar surface area (TPSA) is 52.6 Å². The molecule has 150 valence electrons. The number of hydrogen-bond donors (Lipinski definition) is 2. The van der Waals surface area contributed by atoms with Gasteiger partial charge in [0.05, 0.1) is 5.02 Å². The minimum atomic E-state index is -0.736. The predicted molar refractivity (Wildman–Crippen MR) is 109 cm³/mol. The van der Waals surface area contributed by atoms with Crippen LogP contribution in [0.4, 0.5) is 4.39 Å². The third-order valence-corrected chi connectivity index (χ3v) is 6.07. The second kappa shape index (κ2) is 8.10. The molecule has 4 nitrogen and oxygen atoms in total. The minimum absolute atomic E-state index is 0.00634. The third kappa shape index (κ3) is 4.31. The molecule has 28 heavy (non-hydrogen) atoms. The molecule has 2 aromatic carbocycles. The van der Waals surface area contributed by atoms with Gasteiger partial charge in [-0.15, -0.1) is 0 Å². The average Bonchev–Trinajstić information content (AvgIpc) is 3.36. The predicted octanol–water partition coefficient (Wildman–Crippen LogP) is 3.75. The first-order valence-corrected chi connectivity index (χ1v) is 9.76. The molecule has 3 atom stereocenters. The van der Waals surface area contributed by atoms with Crippen LogP contribution in [0.5, 0.6) is 5.75 Å². The van der Waals surface area contributed by atoms with Crippen LogP contribution >= 0.6 is 11.6 Å². The molecule has 0 spiro atoms. The number of hydrogen-bond acceptors (Lipinski definition) is 3. The van der Waals surface area contributed by atoms with Gasteiger partial charge in [-0.05, 0) is 50.2 Å². The van der Waals surface area contributed by atoms with E-state index in [0.29, 0.717) is 18.5 Å². The summed E-state index contributed by atoms with van der Waals surface area (Å²) in [7, 11) is 3.83. The van der Waals surface area contributed by atoms with Gasteiger partial charge < -0.3 is 15.3 Å². The first kappa shape index (κ1) is 20.6. The van der Waals surface area contributed by atoms with Crippen LogP contribution in [0.15, 0.2) is 42.5 Å². The van der Waals surface area contributed by atoms with Gasteiger partial charge in [-0.3, -0.25) is 4.79 Å². The van der Waals surface area contributed by atoms with Crippen molar-refractivity contribution < 1.29 is 14.3 Å². The van der Waals surface area contributed by atoms with Crippen LogP contribution in [0.1, 0.15) is 24.5 Å². The highest BCUT2D eigenvalue weighted by Crippen LogP contribution is 2.53. The number of benzene rings is 2. The Hall–Kier alpha value is -2.11. The number of nitrogens with one attached hydrogen (secondary N) is 1. The van der Waals surface area contributed by atoms with Crippen molar-refractivity contribution in [2.24, 2.45) is 5.92 Å². The summed E-state index contributed by atoms with van der Waals surface area (Å²) in [5.74, 6) is -1.25. The molecule has 2 N–H and O–H groups in total. The molecule has 1 amide bonds. The fraction of sp³-hybridized carbons (Fsp3) is 0.409. The summed E-state index contributed by atoms with van der Waals surface area (Å²) in [5, 5.41) is 12.5. The van der Waals surface area contributed by atoms with Crippen molar-refractivity contribution in [3.63, 3.8) is 0 Å². The fourth-order valence-corrected chi connectivity index (χ4v) is 3.90. The number of aromatic hydroxyl groups is 1. The van der Waals surface area contributed by atoms with E-state index < -0.39 is 11.6 Å². The fourth-order valence-electron chi connectivity index (χ4n) is 3.67. The van der Waals surface area contributed by atoms with Crippen molar-refractivity contribution in [1.82, 2.24) is 10.2 Å². The molecule has 0 aromatic heterocycles. The van der Waals surface area contributed by atoms with Gasteiger partial charge in [0.25, 0.3) is 0 Å². The normalized spacial score (nSPS) is 22.1. The van der Waals surface area contributed by atoms with E-state index in [1.807, 2.05) is 37.2 Å². The van der Waals surface area contributed by atoms with Gasteiger partial charge in [0.1, 0.15) is 0 Å². The molecule has 1 aliphatic rings. The molecule has 2 aromatic rings. The van der Waals surface area contributed by atoms with Crippen molar-refractivity contribution >= 4 is 17.5 Å². The highest BCUT2D eigenvalue weighted by Gasteiger charge is 2.55. The molecule has 0 saturated heterocycles. The Labute approximate surface area is 170 Å². The Morgan fingerprint density at radius 1 is 1.36 bits per heavy atom. The minimum Gasteiger partial charge on any atom is -0.504 e. The molecule has 6 heteroatoms. The zero-order valence-electron chi connectivity index (χ0n) is 16.4. The lowest BCUT2D eigenvalue weighted by Crippen LogP contribution is -2.42. The number of likely N-dealkylation sites (N-methyl/N-ethyl adjacent to an activating group) is 1. The Balaban J connectivity index is 1.61. The van der Waals surface area contributed by atoms with Gasteiger partial charge in [-0.2, -0.15) is 0 Å². The second-order valence-electron chi connectivity index (χ2n) is 8.01. The number of amides is 1. The zero-order valence-corrected chi connectivity index (χ0v) is 17.1. The summed E-state index contributed by atoms with van der Waals surface area (Å²) < 4.78 is 13.7. The van der Waals surface area contributed by atoms with Gasteiger partial charge in [-0.1, -0.05) is 48.9 Å². The van der Waals surface area contributed by atoms with Crippen LogP contribution in [0.2, 0.25) is 5.02 Å². The first-order valence-electron chi connectivity index (χ1n) is 9.39. The summed E-state index contributed by atoms with van der Waals surface area (Å²) >= 11 is 5.88. The number of phenolic OH excluding ortho intramolecular Hbond substituents is 1. The van der Waals surface area contributed by atoms with Crippen LogP contribution in [0.25, 0.3) is 0 Å². The molecule has 0 heterocycles. The highest BCUT2D eigenvalue weighted by molar-refractivity contribution is 6.32. The van der Waals surface area contributed by atoms with Crippen molar-refractivity contribution in [3.05, 3.63) is 64.4 Å². The lowest BCUT2D eigenvalue weighted by atomic mass is 9.95. The van der Waals surface area contributed by atoms with Crippen molar-refractivity contribution in [2.45, 2.75) is 31.2 Å². The smallest absolute Gasteiger partial charge is 0.224 e. The lowest BCUT2D eigenvalue weighted by Gasteiger charge is -2.25. The van der Waals surface area contributed by atoms with E-state index in [-0.39, 0.29) is 28.3 Å². The van der Waals surface area contributed by atoms with Crippen LogP contribution < -0.4 is 5.32 Å². The molecular weight excluding hydrogens is 379 g/mol. The van der Waals surface area contributed by atoms with Gasteiger partial charge in [-0.25, -0.2) is 4.39 Å². The summed E-state index contributed by atoms with van der Waals surface area (Å²) in [6.45, 7) is 2.57. The Morgan fingerprint density at radius 2 is 2.04 bits per heavy atom. The van der Waals surface area contributed by atoms with Crippen molar-refractivity contribution in [1.29, 1.82) is 0 Å². The molecule has 3 rings (SSSR count). The maximum atomic E-state index is 13.7. The number of carbonyl (C=O) groups excluding carboxylic acids is 1. The van der Waals surface area contributed by atoms with Crippen LogP contribution in [-0.4, -0.2) is 42.6 Å². The summed E-state index contributed by atoms with van der Waals surface area (Å²) in [5.41, 5.74) is 1.76. The standard InChI is InChI=1S/C22H26ClFN2O2/c1-22(15-7-5-4-6-8-15)12-17(22)21(28)25-13-16(26(2)3)9-14-10-18(23)20(27)19(24)11-14/h4-8,10-11,16-17,27H,9,12-13H2,1-3H3,(H,25,28). The lowest BCUT2D eigenvalue weighted by molar-refractivity contribution is -0.122. The average molecular weight is 405 g/mol. The largest absolute Gasteiger partial charge is 0.504 e. The number of halogens is 2. The van der Waals surface area contributed by atoms with E-state index >= 15 is 0 Å². The van der Waals surface area contributed by atoms with Crippen LogP contribution in [0, 0.1) is 11.7 Å². The number of rotatable bonds is 7. The van der Waals surface area contributed by atoms with Crippen molar-refractivity contribution in [2.75, 3.05) is 20.6 Å². The van der Waals surface area contributed by atoms with E-state index in [2.05, 4.69) is 24.4 Å². The highest BCUT2D eigenvalue weighted by atomic mass is 35.5. The SMILES string of the molecule is CN(C)C(CNC(=O)C1CC1(C)c1ccccc1)Cc1cc(F)c(O)c(Cl)c1. The van der Waals surface area contributed by atoms with E-state index in [9.17, 15) is 14.3 Å². The zero-order chi connectivity index (χ0) is 20.5. The van der Waals surface area contributed by atoms with E-state index in [1.165, 1.54) is 11.6 Å². The molecule has 1 aliphatic carbocycles. The molecule has 0 radical (unpaired) electrons. The van der Waals surface area contributed by atoms with Gasteiger partial charge in [0.2, 0.25) is 5.91 Å². The number of nitrogens with zero attached hydrogens (tertiary/aromatic N) is 1. The quantitative estimate of drug-likeness (QED) is 0.739. The summed E-state index contributed by atoms with van der Waals surface area (Å²) in [6, 6.07) is 12.9. The van der Waals surface area contributed by atoms with E-state index in [0.717, 1.165) is 6.42 Å². The second-order valence-corrected chi connectivity index (χ2v) is 8.42. The van der Waals surface area contributed by atoms with Gasteiger partial charge >= 0.3 is 0 Å². The third-order valence-electron chi connectivity index (χ3n) is 5.78. The summed E-state index contributed by atoms with van der Waals surface area (Å²) in [6.07, 6.45) is 1.35. The number of phenols is 1. The van der Waals surface area contributed by atoms with Gasteiger partial charge in [0, 0.05) is 23.9 Å². The van der Waals surface area contributed by atoms with E-state index in [1.54, 1.807) is 6.07 Å². The molecule has 3 unspecified atom stereocenters. The molecular formula is C22H26ClFN2O2. The van der Waals surface area contributed by atoms with Gasteiger partial charge in [0.15, 0.2) is 11.6 Å². The van der Waals surface area contributed by atoms with Crippen LogP contribution in [0.3, 0.4) is 0 Å². The molecule has 0 aliphatic heterocycles. The Morgan fingerprint density at radius 3 is 2.64 bits per heavy atom. The van der Waals surface area contributed by atoms with Crippen LogP contribution in [-0.2, 0) is 16.6 Å². The maximum Gasteiger partial charge on any atom is 0.224 e. The summed E-state index contributed by atoms with van der Waals surface area (Å²) in [4.78, 5) is 14.7. The van der Waals surface area contributed by atoms with E-state index in [4.69, 9.17) is 11.6 Å². The molecule has 1 saturated carbocycles. The first-order chi connectivity index (χ1) is 13.2. The molecule has 1 fully saturated rings. The maximum absolute atomic E-state index is 13.7. The monoisotopic (exact) mass is 404 g/mol. The Bertz CT molecular complexity index is 836. The van der Waals surface area contributed by atoms with Crippen molar-refractivity contribution in [3.8, 4) is 5.75 Å². The molecule has 0 bridgehead atoms. The number of carbonyl (C=O) groups is 1.